The summed E-state index contributed by atoms with van der Waals surface area (Å²) in [6.45, 7) is 0. The van der Waals surface area contributed by atoms with Gasteiger partial charge in [0, 0.05) is 5.39 Å². The van der Waals surface area contributed by atoms with Crippen molar-refractivity contribution in [1.82, 2.24) is 0 Å². The molecule has 1 aromatic heterocycles. The van der Waals surface area contributed by atoms with Crippen molar-refractivity contribution in [3.63, 3.8) is 0 Å². The second-order valence-electron chi connectivity index (χ2n) is 2.66. The summed E-state index contributed by atoms with van der Waals surface area (Å²) >= 11 is -2.21. The summed E-state index contributed by atoms with van der Waals surface area (Å²) in [5.41, 5.74) is 0.437. The highest BCUT2D eigenvalue weighted by atomic mass is 32.2. The third-order valence-corrected chi connectivity index (χ3v) is 2.63. The van der Waals surface area contributed by atoms with E-state index < -0.39 is 11.1 Å². The van der Waals surface area contributed by atoms with Crippen LogP contribution in [-0.4, -0.2) is 15.0 Å². The van der Waals surface area contributed by atoms with Gasteiger partial charge in [0.2, 0.25) is 0 Å². The first-order chi connectivity index (χ1) is 6.74. The lowest BCUT2D eigenvalue weighted by atomic mass is 10.2. The zero-order valence-electron chi connectivity index (χ0n) is 6.97. The molecule has 1 N–H and O–H groups in total. The Labute approximate surface area is 81.8 Å². The number of benzene rings is 1. The van der Waals surface area contributed by atoms with E-state index in [-0.39, 0.29) is 10.7 Å². The monoisotopic (exact) mass is 210 g/mol. The molecule has 2 rings (SSSR count). The van der Waals surface area contributed by atoms with Crippen molar-refractivity contribution < 1.29 is 18.0 Å². The number of carbonyl (C=O) groups is 1. The molecule has 5 heteroatoms. The molecule has 0 radical (unpaired) electrons. The Morgan fingerprint density at radius 2 is 2.07 bits per heavy atom. The molecule has 0 aliphatic heterocycles. The van der Waals surface area contributed by atoms with Gasteiger partial charge >= 0.3 is 0 Å². The van der Waals surface area contributed by atoms with E-state index in [1.54, 1.807) is 24.3 Å². The Hall–Kier alpha value is -1.46. The minimum Gasteiger partial charge on any atom is -0.452 e. The first-order valence-electron chi connectivity index (χ1n) is 3.81. The molecule has 1 heterocycles. The van der Waals surface area contributed by atoms with E-state index in [4.69, 9.17) is 8.97 Å². The van der Waals surface area contributed by atoms with Crippen molar-refractivity contribution in [2.75, 3.05) is 0 Å². The second kappa shape index (κ2) is 3.36. The van der Waals surface area contributed by atoms with Crippen LogP contribution in [-0.2, 0) is 11.1 Å². The third kappa shape index (κ3) is 1.26. The number of hydrogen-bond acceptors (Lipinski definition) is 3. The highest BCUT2D eigenvalue weighted by Gasteiger charge is 2.17. The zero-order chi connectivity index (χ0) is 10.1. The van der Waals surface area contributed by atoms with Crippen LogP contribution < -0.4 is 0 Å². The lowest BCUT2D eigenvalue weighted by Crippen LogP contribution is -1.90. The van der Waals surface area contributed by atoms with Gasteiger partial charge in [0.1, 0.15) is 10.5 Å². The molecule has 4 nitrogen and oxygen atoms in total. The van der Waals surface area contributed by atoms with Gasteiger partial charge in [-0.3, -0.25) is 4.79 Å². The standard InChI is InChI=1S/C9H6O4S/c10-5-8-9(14(11)12)6-3-1-2-4-7(6)13-8/h1-5H,(H,11,12). The van der Waals surface area contributed by atoms with Crippen molar-refractivity contribution >= 4 is 28.3 Å². The fourth-order valence-corrected chi connectivity index (χ4v) is 1.92. The Morgan fingerprint density at radius 3 is 2.71 bits per heavy atom. The molecular formula is C9H6O4S. The highest BCUT2D eigenvalue weighted by molar-refractivity contribution is 7.79. The van der Waals surface area contributed by atoms with Crippen LogP contribution in [0.3, 0.4) is 0 Å². The number of aldehydes is 1. The molecule has 0 saturated heterocycles. The molecule has 2 aromatic rings. The normalized spacial score (nSPS) is 12.9. The van der Waals surface area contributed by atoms with Crippen LogP contribution in [0.4, 0.5) is 0 Å². The number of furan rings is 1. The summed E-state index contributed by atoms with van der Waals surface area (Å²) in [4.78, 5) is 10.6. The van der Waals surface area contributed by atoms with E-state index in [0.717, 1.165) is 0 Å². The Kier molecular flexibility index (Phi) is 2.18. The van der Waals surface area contributed by atoms with Crippen LogP contribution in [0.2, 0.25) is 0 Å². The second-order valence-corrected chi connectivity index (χ2v) is 3.57. The van der Waals surface area contributed by atoms with Gasteiger partial charge in [0.25, 0.3) is 0 Å². The van der Waals surface area contributed by atoms with Gasteiger partial charge < -0.3 is 8.97 Å². The largest absolute Gasteiger partial charge is 0.452 e. The molecule has 1 aromatic carbocycles. The minimum absolute atomic E-state index is 0.0376. The molecule has 0 saturated carbocycles. The van der Waals surface area contributed by atoms with Crippen LogP contribution in [0.25, 0.3) is 11.0 Å². The summed E-state index contributed by atoms with van der Waals surface area (Å²) in [6.07, 6.45) is 0.434. The van der Waals surface area contributed by atoms with E-state index in [1.165, 1.54) is 0 Å². The van der Waals surface area contributed by atoms with Crippen molar-refractivity contribution in [2.24, 2.45) is 0 Å². The van der Waals surface area contributed by atoms with Gasteiger partial charge in [-0.05, 0) is 12.1 Å². The molecule has 72 valence electrons. The Balaban J connectivity index is 2.87. The van der Waals surface area contributed by atoms with Crippen LogP contribution in [0.15, 0.2) is 33.6 Å². The van der Waals surface area contributed by atoms with Gasteiger partial charge in [-0.1, -0.05) is 12.1 Å². The SMILES string of the molecule is O=Cc1oc2ccccc2c1S(=O)O. The van der Waals surface area contributed by atoms with Crippen LogP contribution in [0.1, 0.15) is 10.6 Å². The minimum atomic E-state index is -2.21. The number of hydrogen-bond donors (Lipinski definition) is 1. The molecule has 1 unspecified atom stereocenters. The highest BCUT2D eigenvalue weighted by Crippen LogP contribution is 2.26. The van der Waals surface area contributed by atoms with E-state index in [1.807, 2.05) is 0 Å². The van der Waals surface area contributed by atoms with E-state index in [2.05, 4.69) is 0 Å². The number of carbonyl (C=O) groups excluding carboxylic acids is 1. The number of para-hydroxylation sites is 1. The van der Waals surface area contributed by atoms with Crippen molar-refractivity contribution in [2.45, 2.75) is 4.90 Å². The van der Waals surface area contributed by atoms with Gasteiger partial charge in [-0.2, -0.15) is 0 Å². The number of fused-ring (bicyclic) bond motifs is 1. The van der Waals surface area contributed by atoms with Crippen molar-refractivity contribution in [1.29, 1.82) is 0 Å². The lowest BCUT2D eigenvalue weighted by Gasteiger charge is -1.89. The van der Waals surface area contributed by atoms with Crippen LogP contribution >= 0.6 is 0 Å². The maximum absolute atomic E-state index is 10.9. The average Bonchev–Trinajstić information content (AvgIpc) is 2.55. The first kappa shape index (κ1) is 9.11. The van der Waals surface area contributed by atoms with Crippen LogP contribution in [0.5, 0.6) is 0 Å². The molecule has 0 spiro atoms. The first-order valence-corrected chi connectivity index (χ1v) is 4.92. The fourth-order valence-electron chi connectivity index (χ4n) is 1.30. The maximum Gasteiger partial charge on any atom is 0.191 e. The fraction of sp³-hybridized carbons (Fsp3) is 0. The molecule has 14 heavy (non-hydrogen) atoms. The number of rotatable bonds is 2. The summed E-state index contributed by atoms with van der Waals surface area (Å²) in [5.74, 6) is -0.0907. The Bertz CT molecular complexity index is 515. The van der Waals surface area contributed by atoms with Gasteiger partial charge in [-0.25, -0.2) is 4.21 Å². The van der Waals surface area contributed by atoms with E-state index >= 15 is 0 Å². The lowest BCUT2D eigenvalue weighted by molar-refractivity contribution is 0.109. The van der Waals surface area contributed by atoms with E-state index in [0.29, 0.717) is 17.3 Å². The van der Waals surface area contributed by atoms with Crippen LogP contribution in [0, 0.1) is 0 Å². The van der Waals surface area contributed by atoms with Crippen molar-refractivity contribution in [3.8, 4) is 0 Å². The predicted molar refractivity (Wildman–Crippen MR) is 50.6 cm³/mol. The molecule has 0 aliphatic carbocycles. The topological polar surface area (TPSA) is 67.5 Å². The van der Waals surface area contributed by atoms with Crippen molar-refractivity contribution in [3.05, 3.63) is 30.0 Å². The van der Waals surface area contributed by atoms with Gasteiger partial charge in [0.05, 0.1) is 0 Å². The maximum atomic E-state index is 10.9. The summed E-state index contributed by atoms with van der Waals surface area (Å²) in [7, 11) is 0. The summed E-state index contributed by atoms with van der Waals surface area (Å²) in [6, 6.07) is 6.71. The Morgan fingerprint density at radius 1 is 1.36 bits per heavy atom. The molecule has 0 fully saturated rings. The molecule has 0 bridgehead atoms. The third-order valence-electron chi connectivity index (χ3n) is 1.86. The van der Waals surface area contributed by atoms with Gasteiger partial charge in [-0.15, -0.1) is 0 Å². The van der Waals surface area contributed by atoms with Gasteiger partial charge in [0.15, 0.2) is 23.1 Å². The van der Waals surface area contributed by atoms with E-state index in [9.17, 15) is 9.00 Å². The molecule has 0 aliphatic rings. The summed E-state index contributed by atoms with van der Waals surface area (Å²) in [5, 5.41) is 0.496. The summed E-state index contributed by atoms with van der Waals surface area (Å²) < 4.78 is 25.0. The smallest absolute Gasteiger partial charge is 0.191 e. The average molecular weight is 210 g/mol. The quantitative estimate of drug-likeness (QED) is 0.606. The molecule has 1 atom stereocenters. The predicted octanol–water partition coefficient (Wildman–Crippen LogP) is 1.83. The molecule has 0 amide bonds. The molecular weight excluding hydrogens is 204 g/mol. The zero-order valence-corrected chi connectivity index (χ0v) is 7.78.